The first kappa shape index (κ1) is 16.4. The van der Waals surface area contributed by atoms with Crippen molar-refractivity contribution < 1.29 is 4.39 Å². The van der Waals surface area contributed by atoms with Gasteiger partial charge in [-0.1, -0.05) is 23.7 Å². The summed E-state index contributed by atoms with van der Waals surface area (Å²) in [6.07, 6.45) is 1.60. The summed E-state index contributed by atoms with van der Waals surface area (Å²) >= 11 is 11.1. The van der Waals surface area contributed by atoms with E-state index >= 15 is 0 Å². The predicted molar refractivity (Wildman–Crippen MR) is 96.8 cm³/mol. The van der Waals surface area contributed by atoms with Crippen molar-refractivity contribution in [1.82, 2.24) is 14.8 Å². The summed E-state index contributed by atoms with van der Waals surface area (Å²) < 4.78 is 14.5. The van der Waals surface area contributed by atoms with Gasteiger partial charge in [0.15, 0.2) is 5.11 Å². The molecule has 0 amide bonds. The van der Waals surface area contributed by atoms with E-state index in [1.165, 1.54) is 12.1 Å². The highest BCUT2D eigenvalue weighted by Gasteiger charge is 2.05. The fourth-order valence-corrected chi connectivity index (χ4v) is 2.47. The van der Waals surface area contributed by atoms with Gasteiger partial charge in [0.1, 0.15) is 12.1 Å². The monoisotopic (exact) mass is 361 g/mol. The Balaban J connectivity index is 1.59. The quantitative estimate of drug-likeness (QED) is 0.690. The molecule has 5 nitrogen and oxygen atoms in total. The van der Waals surface area contributed by atoms with Crippen LogP contribution in [0.15, 0.2) is 54.9 Å². The number of nitrogens with one attached hydrogen (secondary N) is 2. The van der Waals surface area contributed by atoms with Crippen molar-refractivity contribution >= 4 is 40.6 Å². The molecule has 8 heteroatoms. The topological polar surface area (TPSA) is 54.8 Å². The number of aromatic nitrogens is 3. The molecule has 122 valence electrons. The van der Waals surface area contributed by atoms with E-state index in [1.54, 1.807) is 23.1 Å². The molecule has 1 aromatic heterocycles. The van der Waals surface area contributed by atoms with E-state index in [9.17, 15) is 4.39 Å². The summed E-state index contributed by atoms with van der Waals surface area (Å²) in [6, 6.07) is 13.4. The lowest BCUT2D eigenvalue weighted by molar-refractivity contribution is 0.628. The summed E-state index contributed by atoms with van der Waals surface area (Å²) in [7, 11) is 0. The maximum Gasteiger partial charge on any atom is 0.248 e. The van der Waals surface area contributed by atoms with Gasteiger partial charge in [-0.25, -0.2) is 14.1 Å². The molecule has 0 atom stereocenters. The fraction of sp³-hybridized carbons (Fsp3) is 0.0625. The number of nitrogens with zero attached hydrogens (tertiary/aromatic N) is 3. The molecule has 0 aliphatic carbocycles. The van der Waals surface area contributed by atoms with Crippen LogP contribution in [0.2, 0.25) is 5.02 Å². The number of hydrogen-bond acceptors (Lipinski definition) is 3. The molecule has 0 unspecified atom stereocenters. The zero-order valence-corrected chi connectivity index (χ0v) is 14.0. The van der Waals surface area contributed by atoms with E-state index in [2.05, 4.69) is 20.7 Å². The highest BCUT2D eigenvalue weighted by molar-refractivity contribution is 7.80. The van der Waals surface area contributed by atoms with Crippen molar-refractivity contribution in [2.75, 3.05) is 10.6 Å². The Morgan fingerprint density at radius 3 is 2.71 bits per heavy atom. The van der Waals surface area contributed by atoms with E-state index in [-0.39, 0.29) is 5.82 Å². The summed E-state index contributed by atoms with van der Waals surface area (Å²) in [4.78, 5) is 4.15. The summed E-state index contributed by atoms with van der Waals surface area (Å²) in [5.41, 5.74) is 1.69. The Bertz CT molecular complexity index is 850. The van der Waals surface area contributed by atoms with Crippen molar-refractivity contribution in [2.45, 2.75) is 6.54 Å². The van der Waals surface area contributed by atoms with Gasteiger partial charge in [0.05, 0.1) is 6.54 Å². The lowest BCUT2D eigenvalue weighted by atomic mass is 10.2. The fourth-order valence-electron chi connectivity index (χ4n) is 2.05. The van der Waals surface area contributed by atoms with Crippen LogP contribution in [0.25, 0.3) is 0 Å². The molecule has 2 aromatic carbocycles. The molecular weight excluding hydrogens is 349 g/mol. The second kappa shape index (κ2) is 7.37. The Labute approximate surface area is 148 Å². The first-order valence-corrected chi connectivity index (χ1v) is 7.84. The van der Waals surface area contributed by atoms with Crippen LogP contribution in [0.5, 0.6) is 0 Å². The van der Waals surface area contributed by atoms with Crippen molar-refractivity contribution in [3.63, 3.8) is 0 Å². The number of thiocarbonyl (C=S) groups is 1. The first-order chi connectivity index (χ1) is 11.6. The Kier molecular flexibility index (Phi) is 5.02. The van der Waals surface area contributed by atoms with Gasteiger partial charge in [-0.3, -0.25) is 5.32 Å². The molecule has 3 rings (SSSR count). The van der Waals surface area contributed by atoms with Crippen molar-refractivity contribution in [3.8, 4) is 0 Å². The second-order valence-corrected chi connectivity index (χ2v) is 5.83. The zero-order valence-electron chi connectivity index (χ0n) is 12.4. The van der Waals surface area contributed by atoms with E-state index in [0.717, 1.165) is 5.56 Å². The molecule has 0 radical (unpaired) electrons. The summed E-state index contributed by atoms with van der Waals surface area (Å²) in [6.45, 7) is 0.549. The van der Waals surface area contributed by atoms with Gasteiger partial charge < -0.3 is 5.32 Å². The van der Waals surface area contributed by atoms with E-state index in [1.807, 2.05) is 24.3 Å². The maximum absolute atomic E-state index is 12.9. The van der Waals surface area contributed by atoms with Crippen LogP contribution in [-0.2, 0) is 6.54 Å². The lowest BCUT2D eigenvalue weighted by Crippen LogP contribution is -2.20. The van der Waals surface area contributed by atoms with Gasteiger partial charge in [-0.15, -0.1) is 5.10 Å². The molecule has 0 aliphatic heterocycles. The molecule has 0 fully saturated rings. The van der Waals surface area contributed by atoms with Gasteiger partial charge in [0.25, 0.3) is 0 Å². The molecular formula is C16H13ClFN5S. The van der Waals surface area contributed by atoms with Crippen LogP contribution in [0.3, 0.4) is 0 Å². The molecule has 0 aliphatic rings. The second-order valence-electron chi connectivity index (χ2n) is 4.98. The standard InChI is InChI=1S/C16H13ClFN5S/c17-12-3-1-2-11(8-12)9-23-10-19-15(22-23)21-16(24)20-14-6-4-13(18)5-7-14/h1-8,10H,9H2,(H2,20,21,22,24). The maximum atomic E-state index is 12.9. The largest absolute Gasteiger partial charge is 0.332 e. The minimum absolute atomic E-state index is 0.305. The van der Waals surface area contributed by atoms with Gasteiger partial charge in [0, 0.05) is 10.7 Å². The molecule has 0 saturated carbocycles. The zero-order chi connectivity index (χ0) is 16.9. The average Bonchev–Trinajstić information content (AvgIpc) is 2.96. The Hall–Kier alpha value is -2.51. The highest BCUT2D eigenvalue weighted by Crippen LogP contribution is 2.12. The molecule has 0 saturated heterocycles. The third-order valence-corrected chi connectivity index (χ3v) is 3.54. The SMILES string of the molecule is Fc1ccc(NC(=S)Nc2ncn(Cc3cccc(Cl)c3)n2)cc1. The van der Waals surface area contributed by atoms with E-state index in [0.29, 0.717) is 28.3 Å². The normalized spacial score (nSPS) is 10.4. The highest BCUT2D eigenvalue weighted by atomic mass is 35.5. The van der Waals surface area contributed by atoms with Crippen LogP contribution < -0.4 is 10.6 Å². The number of benzene rings is 2. The van der Waals surface area contributed by atoms with Gasteiger partial charge in [-0.05, 0) is 54.2 Å². The molecule has 1 heterocycles. The third-order valence-electron chi connectivity index (χ3n) is 3.10. The molecule has 2 N–H and O–H groups in total. The number of hydrogen-bond donors (Lipinski definition) is 2. The van der Waals surface area contributed by atoms with Crippen LogP contribution in [0, 0.1) is 5.82 Å². The smallest absolute Gasteiger partial charge is 0.248 e. The van der Waals surface area contributed by atoms with Crippen LogP contribution >= 0.6 is 23.8 Å². The van der Waals surface area contributed by atoms with Crippen LogP contribution in [0.4, 0.5) is 16.0 Å². The minimum Gasteiger partial charge on any atom is -0.332 e. The number of rotatable bonds is 4. The number of halogens is 2. The Morgan fingerprint density at radius 2 is 1.96 bits per heavy atom. The predicted octanol–water partition coefficient (Wildman–Crippen LogP) is 3.93. The van der Waals surface area contributed by atoms with Crippen LogP contribution in [-0.4, -0.2) is 19.9 Å². The Morgan fingerprint density at radius 1 is 1.17 bits per heavy atom. The van der Waals surface area contributed by atoms with Crippen molar-refractivity contribution in [3.05, 3.63) is 71.3 Å². The van der Waals surface area contributed by atoms with Gasteiger partial charge >= 0.3 is 0 Å². The molecule has 0 bridgehead atoms. The first-order valence-electron chi connectivity index (χ1n) is 7.06. The molecule has 24 heavy (non-hydrogen) atoms. The van der Waals surface area contributed by atoms with E-state index in [4.69, 9.17) is 23.8 Å². The van der Waals surface area contributed by atoms with Crippen molar-refractivity contribution in [1.29, 1.82) is 0 Å². The van der Waals surface area contributed by atoms with Gasteiger partial charge in [0.2, 0.25) is 5.95 Å². The lowest BCUT2D eigenvalue weighted by Gasteiger charge is -2.07. The number of anilines is 2. The summed E-state index contributed by atoms with van der Waals surface area (Å²) in [5.74, 6) is 0.0671. The van der Waals surface area contributed by atoms with E-state index < -0.39 is 0 Å². The minimum atomic E-state index is -0.305. The molecule has 3 aromatic rings. The summed E-state index contributed by atoms with van der Waals surface area (Å²) in [5, 5.41) is 11.1. The average molecular weight is 362 g/mol. The van der Waals surface area contributed by atoms with Crippen LogP contribution in [0.1, 0.15) is 5.56 Å². The van der Waals surface area contributed by atoms with Crippen molar-refractivity contribution in [2.24, 2.45) is 0 Å². The van der Waals surface area contributed by atoms with Gasteiger partial charge in [-0.2, -0.15) is 0 Å². The third kappa shape index (κ3) is 4.50. The molecule has 0 spiro atoms.